The van der Waals surface area contributed by atoms with Gasteiger partial charge in [-0.2, -0.15) is 0 Å². The van der Waals surface area contributed by atoms with Crippen molar-refractivity contribution in [3.8, 4) is 5.75 Å². The highest BCUT2D eigenvalue weighted by Crippen LogP contribution is 2.20. The molecule has 0 radical (unpaired) electrons. The molecule has 0 saturated carbocycles. The molecule has 0 bridgehead atoms. The van der Waals surface area contributed by atoms with Gasteiger partial charge in [0.1, 0.15) is 13.6 Å². The highest BCUT2D eigenvalue weighted by atomic mass is 79.9. The minimum Gasteiger partial charge on any atom is -0.508 e. The van der Waals surface area contributed by atoms with Crippen molar-refractivity contribution in [3.63, 3.8) is 0 Å². The first-order chi connectivity index (χ1) is 4.74. The molecule has 0 aliphatic heterocycles. The maximum Gasteiger partial charge on any atom is 0.115 e. The molecule has 1 aromatic rings. The molecule has 0 spiro atoms. The normalized spacial score (nSPS) is 9.70. The molecule has 0 unspecified atom stereocenters. The van der Waals surface area contributed by atoms with Gasteiger partial charge in [-0.15, -0.1) is 0 Å². The first-order valence-corrected chi connectivity index (χ1v) is 4.00. The van der Waals surface area contributed by atoms with E-state index in [-0.39, 0.29) is 0 Å². The van der Waals surface area contributed by atoms with Crippen molar-refractivity contribution in [2.75, 3.05) is 0 Å². The van der Waals surface area contributed by atoms with E-state index in [0.29, 0.717) is 5.75 Å². The molecule has 0 atom stereocenters. The third-order valence-electron chi connectivity index (χ3n) is 1.41. The first kappa shape index (κ1) is 7.67. The first-order valence-electron chi connectivity index (χ1n) is 3.21. The van der Waals surface area contributed by atoms with Crippen molar-refractivity contribution in [2.45, 2.75) is 6.32 Å². The van der Waals surface area contributed by atoms with Crippen molar-refractivity contribution < 1.29 is 5.11 Å². The van der Waals surface area contributed by atoms with E-state index < -0.39 is 0 Å². The van der Waals surface area contributed by atoms with Gasteiger partial charge >= 0.3 is 0 Å². The summed E-state index contributed by atoms with van der Waals surface area (Å²) in [5, 5.41) is 9.05. The summed E-state index contributed by atoms with van der Waals surface area (Å²) in [6.45, 7) is 0. The van der Waals surface area contributed by atoms with Gasteiger partial charge in [0.2, 0.25) is 0 Å². The van der Waals surface area contributed by atoms with Crippen molar-refractivity contribution in [2.24, 2.45) is 0 Å². The number of benzene rings is 1. The third kappa shape index (κ3) is 1.54. The topological polar surface area (TPSA) is 20.2 Å². The summed E-state index contributed by atoms with van der Waals surface area (Å²) in [4.78, 5) is 0. The number of phenols is 1. The lowest BCUT2D eigenvalue weighted by Gasteiger charge is -1.99. The number of aromatic hydroxyl groups is 1. The molecule has 1 N–H and O–H groups in total. The lowest BCUT2D eigenvalue weighted by molar-refractivity contribution is 0.474. The summed E-state index contributed by atoms with van der Waals surface area (Å²) in [5.41, 5.74) is 1.14. The van der Waals surface area contributed by atoms with Gasteiger partial charge in [-0.1, -0.05) is 22.3 Å². The van der Waals surface area contributed by atoms with Gasteiger partial charge in [0.15, 0.2) is 0 Å². The van der Waals surface area contributed by atoms with Crippen LogP contribution in [0.1, 0.15) is 5.56 Å². The van der Waals surface area contributed by atoms with E-state index in [9.17, 15) is 0 Å². The summed E-state index contributed by atoms with van der Waals surface area (Å²) < 4.78 is 1.06. The van der Waals surface area contributed by atoms with E-state index >= 15 is 0 Å². The number of rotatable bonds is 1. The minimum atomic E-state index is 0.333. The van der Waals surface area contributed by atoms with Crippen LogP contribution in [0.25, 0.3) is 0 Å². The fourth-order valence-electron chi connectivity index (χ4n) is 0.832. The third-order valence-corrected chi connectivity index (χ3v) is 2.18. The van der Waals surface area contributed by atoms with Crippen molar-refractivity contribution in [3.05, 3.63) is 28.2 Å². The molecule has 1 aromatic carbocycles. The molecule has 10 heavy (non-hydrogen) atoms. The van der Waals surface area contributed by atoms with Crippen molar-refractivity contribution in [1.82, 2.24) is 0 Å². The lowest BCUT2D eigenvalue weighted by atomic mass is 9.97. The van der Waals surface area contributed by atoms with Crippen LogP contribution >= 0.6 is 15.9 Å². The van der Waals surface area contributed by atoms with E-state index in [4.69, 9.17) is 5.11 Å². The molecule has 1 nitrogen and oxygen atoms in total. The van der Waals surface area contributed by atoms with Gasteiger partial charge in [-0.3, -0.25) is 0 Å². The Labute approximate surface area is 69.6 Å². The Hall–Kier alpha value is -0.435. The zero-order chi connectivity index (χ0) is 7.56. The molecule has 3 heteroatoms. The van der Waals surface area contributed by atoms with Gasteiger partial charge in [-0.05, 0) is 23.8 Å². The Morgan fingerprint density at radius 3 is 2.70 bits per heavy atom. The number of hydrogen-bond donors (Lipinski definition) is 1. The Kier molecular flexibility index (Phi) is 2.38. The summed E-state index contributed by atoms with van der Waals surface area (Å²) in [7, 11) is 2.06. The summed E-state index contributed by atoms with van der Waals surface area (Å²) in [6, 6.07) is 5.29. The molecular weight excluding hydrogens is 191 g/mol. The van der Waals surface area contributed by atoms with Gasteiger partial charge in [-0.25, -0.2) is 0 Å². The van der Waals surface area contributed by atoms with Crippen molar-refractivity contribution in [1.29, 1.82) is 0 Å². The number of hydrogen-bond acceptors (Lipinski definition) is 1. The second-order valence-electron chi connectivity index (χ2n) is 2.13. The van der Waals surface area contributed by atoms with Crippen LogP contribution in [0.3, 0.4) is 0 Å². The number of halogens is 1. The molecule has 0 saturated heterocycles. The molecule has 0 aliphatic carbocycles. The standard InChI is InChI=1S/C7H8BBrO/c8-4-5-3-6(10)1-2-7(5)9/h1-3,10H,4,8H2. The van der Waals surface area contributed by atoms with Crippen LogP contribution in [0.15, 0.2) is 22.7 Å². The maximum absolute atomic E-state index is 9.05. The van der Waals surface area contributed by atoms with Crippen LogP contribution in [0, 0.1) is 0 Å². The molecule has 0 amide bonds. The second-order valence-corrected chi connectivity index (χ2v) is 2.98. The fourth-order valence-corrected chi connectivity index (χ4v) is 1.36. The Morgan fingerprint density at radius 1 is 1.50 bits per heavy atom. The zero-order valence-corrected chi connectivity index (χ0v) is 7.35. The van der Waals surface area contributed by atoms with Gasteiger partial charge in [0.05, 0.1) is 0 Å². The largest absolute Gasteiger partial charge is 0.508 e. The Bertz CT molecular complexity index is 237. The highest BCUT2D eigenvalue weighted by Gasteiger charge is 1.96. The lowest BCUT2D eigenvalue weighted by Crippen LogP contribution is -1.84. The molecule has 0 aromatic heterocycles. The molecule has 0 heterocycles. The van der Waals surface area contributed by atoms with Crippen LogP contribution in [0.2, 0.25) is 0 Å². The second kappa shape index (κ2) is 3.10. The zero-order valence-electron chi connectivity index (χ0n) is 5.76. The van der Waals surface area contributed by atoms with Crippen LogP contribution < -0.4 is 0 Å². The minimum absolute atomic E-state index is 0.333. The van der Waals surface area contributed by atoms with E-state index in [0.717, 1.165) is 16.4 Å². The van der Waals surface area contributed by atoms with Gasteiger partial charge in [0.25, 0.3) is 0 Å². The Balaban J connectivity index is 3.09. The summed E-state index contributed by atoms with van der Waals surface area (Å²) in [5.74, 6) is 0.333. The van der Waals surface area contributed by atoms with E-state index in [1.807, 2.05) is 6.07 Å². The van der Waals surface area contributed by atoms with Gasteiger partial charge < -0.3 is 5.11 Å². The smallest absolute Gasteiger partial charge is 0.115 e. The molecule has 0 aliphatic rings. The molecule has 1 rings (SSSR count). The highest BCUT2D eigenvalue weighted by molar-refractivity contribution is 9.10. The molecule has 52 valence electrons. The monoisotopic (exact) mass is 198 g/mol. The summed E-state index contributed by atoms with van der Waals surface area (Å²) >= 11 is 3.38. The quantitative estimate of drug-likeness (QED) is 0.675. The molecular formula is C7H8BBrO. The maximum atomic E-state index is 9.05. The predicted octanol–water partition coefficient (Wildman–Crippen LogP) is 1.29. The van der Waals surface area contributed by atoms with E-state index in [1.54, 1.807) is 12.1 Å². The van der Waals surface area contributed by atoms with Crippen LogP contribution in [-0.4, -0.2) is 13.0 Å². The summed E-state index contributed by atoms with van der Waals surface area (Å²) in [6.07, 6.45) is 0.939. The average molecular weight is 199 g/mol. The average Bonchev–Trinajstić information content (AvgIpc) is 1.94. The van der Waals surface area contributed by atoms with E-state index in [2.05, 4.69) is 23.8 Å². The van der Waals surface area contributed by atoms with Crippen LogP contribution in [0.4, 0.5) is 0 Å². The van der Waals surface area contributed by atoms with Crippen LogP contribution in [-0.2, 0) is 6.32 Å². The fraction of sp³-hybridized carbons (Fsp3) is 0.143. The van der Waals surface area contributed by atoms with Crippen molar-refractivity contribution >= 4 is 23.8 Å². The SMILES string of the molecule is BCc1cc(O)ccc1Br. The Morgan fingerprint density at radius 2 is 2.20 bits per heavy atom. The van der Waals surface area contributed by atoms with Gasteiger partial charge in [0, 0.05) is 4.47 Å². The van der Waals surface area contributed by atoms with E-state index in [1.165, 1.54) is 0 Å². The molecule has 0 fully saturated rings. The predicted molar refractivity (Wildman–Crippen MR) is 48.1 cm³/mol. The number of phenolic OH excluding ortho intramolecular Hbond substituents is 1. The van der Waals surface area contributed by atoms with Crippen LogP contribution in [0.5, 0.6) is 5.75 Å².